The van der Waals surface area contributed by atoms with Crippen LogP contribution in [0.4, 0.5) is 0 Å². The summed E-state index contributed by atoms with van der Waals surface area (Å²) in [6.45, 7) is 0. The normalized spacial score (nSPS) is 20.0. The third kappa shape index (κ3) is 3.95. The zero-order valence-electron chi connectivity index (χ0n) is 13.1. The van der Waals surface area contributed by atoms with E-state index in [0.29, 0.717) is 0 Å². The molecule has 1 unspecified atom stereocenters. The van der Waals surface area contributed by atoms with E-state index in [2.05, 4.69) is 54.6 Å². The molecular formula is C22H20O. The Bertz CT molecular complexity index is 738. The first-order valence-corrected chi connectivity index (χ1v) is 7.94. The molecule has 2 aromatic carbocycles. The Morgan fingerprint density at radius 2 is 1.65 bits per heavy atom. The van der Waals surface area contributed by atoms with E-state index in [4.69, 9.17) is 0 Å². The van der Waals surface area contributed by atoms with Crippen molar-refractivity contribution in [2.45, 2.75) is 12.8 Å². The van der Waals surface area contributed by atoms with Gasteiger partial charge in [-0.2, -0.15) is 0 Å². The minimum Gasteiger partial charge on any atom is -0.289 e. The summed E-state index contributed by atoms with van der Waals surface area (Å²) in [5, 5.41) is 0. The third-order valence-corrected chi connectivity index (χ3v) is 4.17. The van der Waals surface area contributed by atoms with Crippen molar-refractivity contribution >= 4 is 5.78 Å². The highest BCUT2D eigenvalue weighted by Gasteiger charge is 2.24. The average Bonchev–Trinajstić information content (AvgIpc) is 2.62. The zero-order chi connectivity index (χ0) is 16.0. The van der Waals surface area contributed by atoms with Gasteiger partial charge in [0, 0.05) is 11.0 Å². The van der Waals surface area contributed by atoms with Crippen molar-refractivity contribution in [2.24, 2.45) is 5.41 Å². The topological polar surface area (TPSA) is 17.1 Å². The molecular weight excluding hydrogens is 280 g/mol. The molecule has 0 fully saturated rings. The van der Waals surface area contributed by atoms with Gasteiger partial charge in [-0.15, -0.1) is 0 Å². The number of hydrogen-bond acceptors (Lipinski definition) is 1. The number of rotatable bonds is 5. The predicted octanol–water partition coefficient (Wildman–Crippen LogP) is 5.17. The third-order valence-electron chi connectivity index (χ3n) is 4.17. The lowest BCUT2D eigenvalue weighted by Gasteiger charge is -2.28. The van der Waals surface area contributed by atoms with Crippen LogP contribution in [0.3, 0.4) is 0 Å². The van der Waals surface area contributed by atoms with Gasteiger partial charge >= 0.3 is 0 Å². The molecule has 0 saturated carbocycles. The SMILES string of the molecule is O=C(C=CC1(Cc2ccccc2)C=CC=CC1)c1ccccc1. The van der Waals surface area contributed by atoms with Gasteiger partial charge < -0.3 is 0 Å². The van der Waals surface area contributed by atoms with Crippen LogP contribution in [0, 0.1) is 5.41 Å². The van der Waals surface area contributed by atoms with Crippen LogP contribution in [0.25, 0.3) is 0 Å². The smallest absolute Gasteiger partial charge is 0.185 e. The van der Waals surface area contributed by atoms with Crippen LogP contribution in [0.5, 0.6) is 0 Å². The molecule has 0 amide bonds. The van der Waals surface area contributed by atoms with Crippen molar-refractivity contribution in [2.75, 3.05) is 0 Å². The van der Waals surface area contributed by atoms with Crippen molar-refractivity contribution in [3.8, 4) is 0 Å². The highest BCUT2D eigenvalue weighted by Crippen LogP contribution is 2.34. The summed E-state index contributed by atoms with van der Waals surface area (Å²) in [5.74, 6) is 0.0565. The molecule has 1 nitrogen and oxygen atoms in total. The van der Waals surface area contributed by atoms with Crippen LogP contribution in [-0.4, -0.2) is 5.78 Å². The quantitative estimate of drug-likeness (QED) is 0.550. The maximum absolute atomic E-state index is 12.4. The maximum atomic E-state index is 12.4. The molecule has 1 heteroatoms. The van der Waals surface area contributed by atoms with Gasteiger partial charge in [0.15, 0.2) is 5.78 Å². The van der Waals surface area contributed by atoms with E-state index in [0.717, 1.165) is 18.4 Å². The fraction of sp³-hybridized carbons (Fsp3) is 0.136. The van der Waals surface area contributed by atoms with Gasteiger partial charge in [-0.05, 0) is 24.5 Å². The average molecular weight is 300 g/mol. The van der Waals surface area contributed by atoms with E-state index in [1.54, 1.807) is 6.08 Å². The van der Waals surface area contributed by atoms with Crippen molar-refractivity contribution in [3.05, 3.63) is 108 Å². The summed E-state index contributed by atoms with van der Waals surface area (Å²) >= 11 is 0. The van der Waals surface area contributed by atoms with E-state index >= 15 is 0 Å². The van der Waals surface area contributed by atoms with Gasteiger partial charge in [0.05, 0.1) is 0 Å². The Morgan fingerprint density at radius 1 is 0.957 bits per heavy atom. The van der Waals surface area contributed by atoms with Gasteiger partial charge in [-0.25, -0.2) is 0 Å². The summed E-state index contributed by atoms with van der Waals surface area (Å²) < 4.78 is 0. The molecule has 114 valence electrons. The second kappa shape index (κ2) is 7.06. The Morgan fingerprint density at radius 3 is 2.30 bits per heavy atom. The van der Waals surface area contributed by atoms with Gasteiger partial charge in [0.25, 0.3) is 0 Å². The van der Waals surface area contributed by atoms with E-state index in [1.807, 2.05) is 36.4 Å². The number of allylic oxidation sites excluding steroid dienone is 6. The van der Waals surface area contributed by atoms with E-state index in [-0.39, 0.29) is 11.2 Å². The molecule has 0 radical (unpaired) electrons. The van der Waals surface area contributed by atoms with Crippen LogP contribution in [0.1, 0.15) is 22.3 Å². The lowest BCUT2D eigenvalue weighted by molar-refractivity contribution is 0.104. The molecule has 0 heterocycles. The Kier molecular flexibility index (Phi) is 4.68. The highest BCUT2D eigenvalue weighted by molar-refractivity contribution is 6.04. The van der Waals surface area contributed by atoms with Crippen molar-refractivity contribution in [1.82, 2.24) is 0 Å². The molecule has 1 aliphatic carbocycles. The fourth-order valence-corrected chi connectivity index (χ4v) is 2.91. The molecule has 0 aromatic heterocycles. The summed E-state index contributed by atoms with van der Waals surface area (Å²) in [7, 11) is 0. The van der Waals surface area contributed by atoms with Gasteiger partial charge in [-0.1, -0.05) is 91.0 Å². The predicted molar refractivity (Wildman–Crippen MR) is 95.4 cm³/mol. The monoisotopic (exact) mass is 300 g/mol. The Hall–Kier alpha value is -2.67. The first kappa shape index (κ1) is 15.2. The zero-order valence-corrected chi connectivity index (χ0v) is 13.1. The summed E-state index contributed by atoms with van der Waals surface area (Å²) in [4.78, 5) is 12.4. The van der Waals surface area contributed by atoms with Crippen molar-refractivity contribution in [1.29, 1.82) is 0 Å². The Labute approximate surface area is 137 Å². The van der Waals surface area contributed by atoms with E-state index < -0.39 is 0 Å². The molecule has 3 rings (SSSR count). The van der Waals surface area contributed by atoms with Crippen molar-refractivity contribution < 1.29 is 4.79 Å². The number of benzene rings is 2. The van der Waals surface area contributed by atoms with E-state index in [1.165, 1.54) is 5.56 Å². The van der Waals surface area contributed by atoms with Gasteiger partial charge in [0.2, 0.25) is 0 Å². The van der Waals surface area contributed by atoms with Crippen LogP contribution in [-0.2, 0) is 6.42 Å². The molecule has 0 aliphatic heterocycles. The lowest BCUT2D eigenvalue weighted by atomic mass is 9.76. The second-order valence-corrected chi connectivity index (χ2v) is 5.95. The molecule has 23 heavy (non-hydrogen) atoms. The molecule has 0 bridgehead atoms. The summed E-state index contributed by atoms with van der Waals surface area (Å²) in [5.41, 5.74) is 1.89. The van der Waals surface area contributed by atoms with Crippen LogP contribution in [0.2, 0.25) is 0 Å². The molecule has 1 atom stereocenters. The molecule has 0 N–H and O–H groups in total. The minimum atomic E-state index is -0.124. The maximum Gasteiger partial charge on any atom is 0.185 e. The standard InChI is InChI=1S/C22H20O/c23-21(20-12-6-2-7-13-20)14-17-22(15-8-3-9-16-22)18-19-10-4-1-5-11-19/h1-15,17H,16,18H2. The molecule has 2 aromatic rings. The summed E-state index contributed by atoms with van der Waals surface area (Å²) in [6, 6.07) is 19.8. The molecule has 1 aliphatic rings. The Balaban J connectivity index is 1.82. The molecule has 0 saturated heterocycles. The van der Waals surface area contributed by atoms with Gasteiger partial charge in [-0.3, -0.25) is 4.79 Å². The second-order valence-electron chi connectivity index (χ2n) is 5.95. The van der Waals surface area contributed by atoms with Crippen molar-refractivity contribution in [3.63, 3.8) is 0 Å². The number of carbonyl (C=O) groups excluding carboxylic acids is 1. The van der Waals surface area contributed by atoms with Crippen LogP contribution in [0.15, 0.2) is 97.1 Å². The number of ketones is 1. The van der Waals surface area contributed by atoms with Crippen LogP contribution < -0.4 is 0 Å². The number of hydrogen-bond donors (Lipinski definition) is 0. The highest BCUT2D eigenvalue weighted by atomic mass is 16.1. The fourth-order valence-electron chi connectivity index (χ4n) is 2.91. The first-order valence-electron chi connectivity index (χ1n) is 7.94. The largest absolute Gasteiger partial charge is 0.289 e. The number of carbonyl (C=O) groups is 1. The first-order chi connectivity index (χ1) is 11.3. The summed E-state index contributed by atoms with van der Waals surface area (Å²) in [6.07, 6.45) is 14.1. The lowest BCUT2D eigenvalue weighted by Crippen LogP contribution is -2.19. The minimum absolute atomic E-state index is 0.0565. The van der Waals surface area contributed by atoms with Gasteiger partial charge in [0.1, 0.15) is 0 Å². The van der Waals surface area contributed by atoms with Crippen LogP contribution >= 0.6 is 0 Å². The molecule has 0 spiro atoms. The van der Waals surface area contributed by atoms with E-state index in [9.17, 15) is 4.79 Å².